The summed E-state index contributed by atoms with van der Waals surface area (Å²) in [6.07, 6.45) is 0.341. The van der Waals surface area contributed by atoms with Gasteiger partial charge in [-0.3, -0.25) is 0 Å². The summed E-state index contributed by atoms with van der Waals surface area (Å²) in [6, 6.07) is 9.90. The smallest absolute Gasteiger partial charge is 0.478 e. The van der Waals surface area contributed by atoms with Gasteiger partial charge < -0.3 is 9.64 Å². The third-order valence-corrected chi connectivity index (χ3v) is 2.74. The number of benzene rings is 1. The zero-order chi connectivity index (χ0) is 13.7. The molecule has 19 heavy (non-hydrogen) atoms. The number of carbonyl (C=O) groups is 1. The van der Waals surface area contributed by atoms with Crippen molar-refractivity contribution in [2.24, 2.45) is 0 Å². The second kappa shape index (κ2) is 8.19. The summed E-state index contributed by atoms with van der Waals surface area (Å²) in [5, 5.41) is 0. The molecule has 1 aromatic rings. The van der Waals surface area contributed by atoms with Crippen molar-refractivity contribution in [1.82, 2.24) is 4.90 Å². The third kappa shape index (κ3) is 5.22. The molecule has 0 heterocycles. The maximum absolute atomic E-state index is 12.1. The molecule has 0 aliphatic rings. The number of hydrogen-bond acceptors (Lipinski definition) is 2. The summed E-state index contributed by atoms with van der Waals surface area (Å²) in [7, 11) is 0. The minimum Gasteiger partial charge on any atom is -0.478 e. The van der Waals surface area contributed by atoms with Crippen LogP contribution in [0.3, 0.4) is 0 Å². The summed E-state index contributed by atoms with van der Waals surface area (Å²) in [6.45, 7) is 9.75. The fourth-order valence-corrected chi connectivity index (χ4v) is 1.93. The van der Waals surface area contributed by atoms with Crippen LogP contribution in [-0.4, -0.2) is 23.1 Å². The van der Waals surface area contributed by atoms with Crippen LogP contribution >= 0.6 is 0 Å². The van der Waals surface area contributed by atoms with Crippen molar-refractivity contribution in [2.75, 3.05) is 0 Å². The number of nitrogens with zero attached hydrogens (tertiary/aromatic N) is 1. The fraction of sp³-hybridized carbons (Fsp3) is 0.467. The van der Waals surface area contributed by atoms with Crippen LogP contribution < -0.4 is 18.9 Å². The predicted molar refractivity (Wildman–Crippen MR) is 73.1 cm³/mol. The molecule has 1 rings (SSSR count). The van der Waals surface area contributed by atoms with Crippen LogP contribution in [0.15, 0.2) is 30.3 Å². The maximum atomic E-state index is 12.1. The van der Waals surface area contributed by atoms with Crippen LogP contribution in [-0.2, 0) is 4.74 Å². The normalized spacial score (nSPS) is 10.1. The van der Waals surface area contributed by atoms with Crippen LogP contribution in [0, 0.1) is 6.10 Å². The van der Waals surface area contributed by atoms with Crippen molar-refractivity contribution < 1.29 is 28.4 Å². The quantitative estimate of drug-likeness (QED) is 0.589. The Morgan fingerprint density at radius 2 is 1.58 bits per heavy atom. The molecule has 0 saturated heterocycles. The van der Waals surface area contributed by atoms with E-state index >= 15 is 0 Å². The predicted octanol–water partition coefficient (Wildman–Crippen LogP) is 0.846. The molecule has 4 heteroatoms. The Bertz CT molecular complexity index is 371. The molecule has 3 nitrogen and oxygen atoms in total. The average Bonchev–Trinajstić information content (AvgIpc) is 2.28. The van der Waals surface area contributed by atoms with Gasteiger partial charge in [-0.15, -0.1) is 12.1 Å². The average molecular weight is 255 g/mol. The van der Waals surface area contributed by atoms with Gasteiger partial charge in [0, 0.05) is 18.2 Å². The number of carbonyl (C=O) groups excluding carboxylic acids is 1. The van der Waals surface area contributed by atoms with E-state index in [2.05, 4.69) is 0 Å². The number of amides is 1. The van der Waals surface area contributed by atoms with Crippen LogP contribution in [0.25, 0.3) is 0 Å². The van der Waals surface area contributed by atoms with Gasteiger partial charge >= 0.3 is 25.0 Å². The van der Waals surface area contributed by atoms with Crippen LogP contribution in [0.1, 0.15) is 40.2 Å². The Kier molecular flexibility index (Phi) is 7.74. The SMILES string of the molecule is C[C-](OC(=O)N(C(C)C)C(C)C)c1ccccc1.[Li+]. The molecule has 0 saturated carbocycles. The van der Waals surface area contributed by atoms with Gasteiger partial charge in [0.25, 0.3) is 0 Å². The monoisotopic (exact) mass is 255 g/mol. The molecule has 0 atom stereocenters. The van der Waals surface area contributed by atoms with E-state index in [1.54, 1.807) is 4.90 Å². The second-order valence-corrected chi connectivity index (χ2v) is 4.88. The van der Waals surface area contributed by atoms with E-state index in [0.717, 1.165) is 5.56 Å². The number of ether oxygens (including phenoxy) is 1. The summed E-state index contributed by atoms with van der Waals surface area (Å²) in [5.74, 6) is 0. The molecule has 0 radical (unpaired) electrons. The summed E-state index contributed by atoms with van der Waals surface area (Å²) < 4.78 is 5.42. The van der Waals surface area contributed by atoms with Crippen LogP contribution in [0.4, 0.5) is 4.79 Å². The van der Waals surface area contributed by atoms with Gasteiger partial charge in [-0.05, 0) is 27.7 Å². The first-order chi connectivity index (χ1) is 8.43. The van der Waals surface area contributed by atoms with Gasteiger partial charge in [0.2, 0.25) is 0 Å². The van der Waals surface area contributed by atoms with Gasteiger partial charge in [-0.2, -0.15) is 17.7 Å². The Hall–Kier alpha value is -1.04. The van der Waals surface area contributed by atoms with E-state index in [9.17, 15) is 4.79 Å². The van der Waals surface area contributed by atoms with Gasteiger partial charge in [0.15, 0.2) is 0 Å². The molecule has 0 aliphatic carbocycles. The second-order valence-electron chi connectivity index (χ2n) is 4.88. The largest absolute Gasteiger partial charge is 1.00 e. The minimum absolute atomic E-state index is 0. The zero-order valence-electron chi connectivity index (χ0n) is 12.8. The first-order valence-corrected chi connectivity index (χ1v) is 6.32. The topological polar surface area (TPSA) is 29.5 Å². The van der Waals surface area contributed by atoms with Gasteiger partial charge in [-0.25, -0.2) is 4.79 Å². The molecule has 0 N–H and O–H groups in total. The van der Waals surface area contributed by atoms with E-state index in [0.29, 0.717) is 6.10 Å². The minimum atomic E-state index is -0.290. The van der Waals surface area contributed by atoms with Crippen molar-refractivity contribution >= 4 is 6.09 Å². The van der Waals surface area contributed by atoms with E-state index in [-0.39, 0.29) is 37.0 Å². The molecule has 1 aromatic carbocycles. The number of rotatable bonds is 4. The van der Waals surface area contributed by atoms with Crippen molar-refractivity contribution in [3.8, 4) is 0 Å². The van der Waals surface area contributed by atoms with Gasteiger partial charge in [-0.1, -0.05) is 13.0 Å². The molecular formula is C15H22LiNO2. The van der Waals surface area contributed by atoms with Crippen molar-refractivity contribution in [3.63, 3.8) is 0 Å². The van der Waals surface area contributed by atoms with Crippen molar-refractivity contribution in [2.45, 2.75) is 46.7 Å². The van der Waals surface area contributed by atoms with E-state index < -0.39 is 0 Å². The van der Waals surface area contributed by atoms with Crippen molar-refractivity contribution in [3.05, 3.63) is 42.0 Å². The maximum Gasteiger partial charge on any atom is 1.00 e. The third-order valence-electron chi connectivity index (χ3n) is 2.74. The Labute approximate surface area is 128 Å². The van der Waals surface area contributed by atoms with Crippen LogP contribution in [0.2, 0.25) is 0 Å². The fourth-order valence-electron chi connectivity index (χ4n) is 1.93. The zero-order valence-corrected chi connectivity index (χ0v) is 12.8. The van der Waals surface area contributed by atoms with E-state index in [4.69, 9.17) is 4.74 Å². The van der Waals surface area contributed by atoms with E-state index in [1.807, 2.05) is 65.0 Å². The summed E-state index contributed by atoms with van der Waals surface area (Å²) in [4.78, 5) is 13.8. The molecule has 0 unspecified atom stereocenters. The molecular weight excluding hydrogens is 233 g/mol. The van der Waals surface area contributed by atoms with E-state index in [1.165, 1.54) is 0 Å². The number of hydrogen-bond donors (Lipinski definition) is 0. The molecule has 0 fully saturated rings. The first kappa shape index (κ1) is 18.0. The Morgan fingerprint density at radius 1 is 1.11 bits per heavy atom. The summed E-state index contributed by atoms with van der Waals surface area (Å²) in [5.41, 5.74) is 0.929. The van der Waals surface area contributed by atoms with Gasteiger partial charge in [0.1, 0.15) is 0 Å². The molecule has 0 bridgehead atoms. The molecule has 0 aromatic heterocycles. The molecule has 0 spiro atoms. The van der Waals surface area contributed by atoms with Crippen molar-refractivity contribution in [1.29, 1.82) is 0 Å². The Morgan fingerprint density at radius 3 is 2.00 bits per heavy atom. The summed E-state index contributed by atoms with van der Waals surface area (Å²) >= 11 is 0. The first-order valence-electron chi connectivity index (χ1n) is 6.32. The molecule has 1 amide bonds. The molecule has 100 valence electrons. The molecule has 0 aliphatic heterocycles. The standard InChI is InChI=1S/C15H22NO2.Li/c1-11(2)16(12(3)4)15(17)18-13(5)14-9-7-6-8-10-14;/h6-12H,1-5H3;/q-1;+1. The van der Waals surface area contributed by atoms with Crippen LogP contribution in [0.5, 0.6) is 0 Å². The Balaban J connectivity index is 0.00000324. The van der Waals surface area contributed by atoms with Gasteiger partial charge in [0.05, 0.1) is 0 Å².